The topological polar surface area (TPSA) is 40.6 Å². The first-order chi connectivity index (χ1) is 14.0. The molecule has 0 N–H and O–H groups in total. The number of rotatable bonds is 4. The standard InChI is InChI=1S/C23H23ClN2O2S/c1-25(15-18-11-12-21(24)29-18)22(27)17-8-5-13-26(14-17)23(28)20-10-4-7-16-6-2-3-9-19(16)20/h2-4,6-7,9-12,17H,5,8,13-15H2,1H3. The summed E-state index contributed by atoms with van der Waals surface area (Å²) in [5.74, 6) is -0.0694. The van der Waals surface area contributed by atoms with E-state index in [9.17, 15) is 9.59 Å². The minimum Gasteiger partial charge on any atom is -0.340 e. The number of likely N-dealkylation sites (tertiary alicyclic amines) is 1. The molecule has 3 aromatic rings. The van der Waals surface area contributed by atoms with Gasteiger partial charge in [0.05, 0.1) is 16.8 Å². The van der Waals surface area contributed by atoms with Crippen LogP contribution in [0.3, 0.4) is 0 Å². The summed E-state index contributed by atoms with van der Waals surface area (Å²) < 4.78 is 0.727. The van der Waals surface area contributed by atoms with Gasteiger partial charge in [-0.05, 0) is 41.8 Å². The minimum atomic E-state index is -0.164. The molecule has 4 nitrogen and oxygen atoms in total. The smallest absolute Gasteiger partial charge is 0.254 e. The van der Waals surface area contributed by atoms with E-state index in [2.05, 4.69) is 0 Å². The van der Waals surface area contributed by atoms with Crippen molar-refractivity contribution in [2.24, 2.45) is 5.92 Å². The van der Waals surface area contributed by atoms with E-state index in [-0.39, 0.29) is 17.7 Å². The molecule has 2 heterocycles. The quantitative estimate of drug-likeness (QED) is 0.584. The summed E-state index contributed by atoms with van der Waals surface area (Å²) in [7, 11) is 1.82. The molecule has 1 atom stereocenters. The van der Waals surface area contributed by atoms with Crippen LogP contribution >= 0.6 is 22.9 Å². The van der Waals surface area contributed by atoms with Crippen molar-refractivity contribution in [3.63, 3.8) is 0 Å². The second-order valence-electron chi connectivity index (χ2n) is 7.52. The maximum atomic E-state index is 13.2. The Morgan fingerprint density at radius 2 is 1.93 bits per heavy atom. The number of benzene rings is 2. The maximum Gasteiger partial charge on any atom is 0.254 e. The normalized spacial score (nSPS) is 16.8. The molecule has 1 fully saturated rings. The van der Waals surface area contributed by atoms with Gasteiger partial charge in [0.15, 0.2) is 0 Å². The van der Waals surface area contributed by atoms with E-state index in [0.717, 1.165) is 32.8 Å². The minimum absolute atomic E-state index is 0.00647. The predicted octanol–water partition coefficient (Wildman–Crippen LogP) is 5.07. The molecule has 1 aliphatic rings. The highest BCUT2D eigenvalue weighted by molar-refractivity contribution is 7.16. The zero-order valence-electron chi connectivity index (χ0n) is 16.3. The number of carbonyl (C=O) groups excluding carboxylic acids is 2. The fourth-order valence-corrected chi connectivity index (χ4v) is 5.15. The molecule has 6 heteroatoms. The summed E-state index contributed by atoms with van der Waals surface area (Å²) in [5, 5.41) is 2.01. The van der Waals surface area contributed by atoms with Crippen LogP contribution in [-0.4, -0.2) is 41.8 Å². The van der Waals surface area contributed by atoms with Crippen LogP contribution in [-0.2, 0) is 11.3 Å². The van der Waals surface area contributed by atoms with E-state index in [1.54, 1.807) is 4.90 Å². The molecule has 150 valence electrons. The van der Waals surface area contributed by atoms with E-state index in [4.69, 9.17) is 11.6 Å². The Bertz CT molecular complexity index is 1040. The van der Waals surface area contributed by atoms with Crippen LogP contribution in [0.4, 0.5) is 0 Å². The fourth-order valence-electron chi connectivity index (χ4n) is 4.01. The highest BCUT2D eigenvalue weighted by Gasteiger charge is 2.31. The maximum absolute atomic E-state index is 13.2. The van der Waals surface area contributed by atoms with E-state index in [0.29, 0.717) is 25.2 Å². The number of carbonyl (C=O) groups is 2. The molecule has 0 radical (unpaired) electrons. The summed E-state index contributed by atoms with van der Waals surface area (Å²) in [4.78, 5) is 30.9. The number of piperidine rings is 1. The van der Waals surface area contributed by atoms with Crippen molar-refractivity contribution < 1.29 is 9.59 Å². The van der Waals surface area contributed by atoms with Gasteiger partial charge in [-0.1, -0.05) is 48.0 Å². The van der Waals surface area contributed by atoms with Crippen LogP contribution in [0.5, 0.6) is 0 Å². The summed E-state index contributed by atoms with van der Waals surface area (Å²) in [5.41, 5.74) is 0.706. The van der Waals surface area contributed by atoms with Crippen molar-refractivity contribution in [2.75, 3.05) is 20.1 Å². The molecule has 1 aromatic heterocycles. The lowest BCUT2D eigenvalue weighted by Gasteiger charge is -2.34. The van der Waals surface area contributed by atoms with E-state index in [1.165, 1.54) is 11.3 Å². The zero-order chi connectivity index (χ0) is 20.4. The summed E-state index contributed by atoms with van der Waals surface area (Å²) in [6.45, 7) is 1.70. The van der Waals surface area contributed by atoms with Crippen molar-refractivity contribution in [3.8, 4) is 0 Å². The molecule has 1 aliphatic heterocycles. The number of fused-ring (bicyclic) bond motifs is 1. The lowest BCUT2D eigenvalue weighted by Crippen LogP contribution is -2.45. The fraction of sp³-hybridized carbons (Fsp3) is 0.304. The first kappa shape index (κ1) is 19.9. The van der Waals surface area contributed by atoms with Crippen molar-refractivity contribution in [1.29, 1.82) is 0 Å². The molecular weight excluding hydrogens is 404 g/mol. The van der Waals surface area contributed by atoms with Crippen LogP contribution in [0.1, 0.15) is 28.1 Å². The summed E-state index contributed by atoms with van der Waals surface area (Å²) in [6, 6.07) is 17.5. The van der Waals surface area contributed by atoms with Gasteiger partial charge in [0.1, 0.15) is 0 Å². The Labute approximate surface area is 179 Å². The lowest BCUT2D eigenvalue weighted by molar-refractivity contribution is -0.136. The molecular formula is C23H23ClN2O2S. The Balaban J connectivity index is 1.47. The Morgan fingerprint density at radius 1 is 1.14 bits per heavy atom. The second kappa shape index (κ2) is 8.56. The molecule has 1 saturated heterocycles. The molecule has 1 unspecified atom stereocenters. The Hall–Kier alpha value is -2.37. The SMILES string of the molecule is CN(Cc1ccc(Cl)s1)C(=O)C1CCCN(C(=O)c2cccc3ccccc23)C1. The third-order valence-electron chi connectivity index (χ3n) is 5.48. The third kappa shape index (κ3) is 4.31. The molecule has 0 saturated carbocycles. The van der Waals surface area contributed by atoms with Crippen molar-refractivity contribution >= 4 is 45.5 Å². The number of halogens is 1. The van der Waals surface area contributed by atoms with Crippen LogP contribution in [0.25, 0.3) is 10.8 Å². The highest BCUT2D eigenvalue weighted by atomic mass is 35.5. The number of nitrogens with zero attached hydrogens (tertiary/aromatic N) is 2. The first-order valence-electron chi connectivity index (χ1n) is 9.79. The molecule has 0 bridgehead atoms. The van der Waals surface area contributed by atoms with Gasteiger partial charge in [-0.15, -0.1) is 11.3 Å². The van der Waals surface area contributed by atoms with E-state index >= 15 is 0 Å². The average Bonchev–Trinajstić information content (AvgIpc) is 3.16. The highest BCUT2D eigenvalue weighted by Crippen LogP contribution is 2.26. The van der Waals surface area contributed by atoms with Gasteiger partial charge in [-0.25, -0.2) is 0 Å². The number of thiophene rings is 1. The molecule has 2 amide bonds. The Kier molecular flexibility index (Phi) is 5.88. The van der Waals surface area contributed by atoms with Gasteiger partial charge in [0, 0.05) is 30.6 Å². The van der Waals surface area contributed by atoms with Gasteiger partial charge in [-0.2, -0.15) is 0 Å². The average molecular weight is 427 g/mol. The number of amides is 2. The molecule has 0 spiro atoms. The number of hydrogen-bond acceptors (Lipinski definition) is 3. The number of hydrogen-bond donors (Lipinski definition) is 0. The first-order valence-corrected chi connectivity index (χ1v) is 11.0. The van der Waals surface area contributed by atoms with Crippen LogP contribution in [0, 0.1) is 5.92 Å². The van der Waals surface area contributed by atoms with Gasteiger partial charge in [0.25, 0.3) is 5.91 Å². The predicted molar refractivity (Wildman–Crippen MR) is 118 cm³/mol. The second-order valence-corrected chi connectivity index (χ2v) is 9.32. The lowest BCUT2D eigenvalue weighted by atomic mass is 9.95. The van der Waals surface area contributed by atoms with Crippen molar-refractivity contribution in [2.45, 2.75) is 19.4 Å². The van der Waals surface area contributed by atoms with Gasteiger partial charge < -0.3 is 9.80 Å². The third-order valence-corrected chi connectivity index (χ3v) is 6.69. The largest absolute Gasteiger partial charge is 0.340 e. The van der Waals surface area contributed by atoms with Crippen LogP contribution in [0.2, 0.25) is 4.34 Å². The van der Waals surface area contributed by atoms with E-state index in [1.807, 2.05) is 66.5 Å². The zero-order valence-corrected chi connectivity index (χ0v) is 17.9. The molecule has 0 aliphatic carbocycles. The molecule has 2 aromatic carbocycles. The molecule has 4 rings (SSSR count). The summed E-state index contributed by atoms with van der Waals surface area (Å²) >= 11 is 7.49. The van der Waals surface area contributed by atoms with Crippen LogP contribution in [0.15, 0.2) is 54.6 Å². The summed E-state index contributed by atoms with van der Waals surface area (Å²) in [6.07, 6.45) is 1.65. The van der Waals surface area contributed by atoms with Crippen molar-refractivity contribution in [3.05, 3.63) is 69.4 Å². The van der Waals surface area contributed by atoms with Gasteiger partial charge in [-0.3, -0.25) is 9.59 Å². The van der Waals surface area contributed by atoms with Gasteiger partial charge in [0.2, 0.25) is 5.91 Å². The van der Waals surface area contributed by atoms with Crippen LogP contribution < -0.4 is 0 Å². The van der Waals surface area contributed by atoms with Crippen molar-refractivity contribution in [1.82, 2.24) is 9.80 Å². The van der Waals surface area contributed by atoms with Gasteiger partial charge >= 0.3 is 0 Å². The van der Waals surface area contributed by atoms with E-state index < -0.39 is 0 Å². The monoisotopic (exact) mass is 426 g/mol. The molecule has 29 heavy (non-hydrogen) atoms. The Morgan fingerprint density at radius 3 is 2.72 bits per heavy atom.